The van der Waals surface area contributed by atoms with Gasteiger partial charge in [0.05, 0.1) is 5.38 Å². The molecule has 1 saturated carbocycles. The number of alkyl halides is 1. The van der Waals surface area contributed by atoms with Crippen molar-refractivity contribution in [2.75, 3.05) is 0 Å². The maximum Gasteiger partial charge on any atom is 0.229 e. The average molecular weight is 243 g/mol. The lowest BCUT2D eigenvalue weighted by atomic mass is 9.91. The molecule has 90 valence electrons. The Balaban J connectivity index is 2.02. The molecule has 3 nitrogen and oxygen atoms in total. The van der Waals surface area contributed by atoms with Gasteiger partial charge in [0.25, 0.3) is 0 Å². The molecule has 0 N–H and O–H groups in total. The molecular formula is C12H19ClN2O. The van der Waals surface area contributed by atoms with Crippen molar-refractivity contribution in [2.24, 2.45) is 0 Å². The number of aromatic nitrogens is 2. The summed E-state index contributed by atoms with van der Waals surface area (Å²) in [6.07, 6.45) is 8.96. The highest BCUT2D eigenvalue weighted by atomic mass is 35.5. The van der Waals surface area contributed by atoms with Gasteiger partial charge in [-0.1, -0.05) is 37.3 Å². The molecule has 1 fully saturated rings. The van der Waals surface area contributed by atoms with Crippen LogP contribution in [0.15, 0.2) is 4.52 Å². The Labute approximate surface area is 102 Å². The second-order valence-corrected chi connectivity index (χ2v) is 5.30. The van der Waals surface area contributed by atoms with E-state index in [4.69, 9.17) is 16.1 Å². The first-order valence-corrected chi connectivity index (χ1v) is 6.68. The number of hydrogen-bond acceptors (Lipinski definition) is 3. The highest BCUT2D eigenvalue weighted by Gasteiger charge is 2.20. The van der Waals surface area contributed by atoms with Crippen LogP contribution in [0, 0.1) is 0 Å². The Morgan fingerprint density at radius 2 is 1.81 bits per heavy atom. The zero-order valence-electron chi connectivity index (χ0n) is 9.79. The Morgan fingerprint density at radius 3 is 2.38 bits per heavy atom. The maximum absolute atomic E-state index is 5.93. The Kier molecular flexibility index (Phi) is 4.22. The monoisotopic (exact) mass is 242 g/mol. The Bertz CT molecular complexity index is 317. The van der Waals surface area contributed by atoms with Gasteiger partial charge in [0.2, 0.25) is 5.89 Å². The van der Waals surface area contributed by atoms with E-state index in [1.54, 1.807) is 0 Å². The van der Waals surface area contributed by atoms with E-state index in [1.165, 1.54) is 44.9 Å². The summed E-state index contributed by atoms with van der Waals surface area (Å²) in [5.41, 5.74) is 0. The first kappa shape index (κ1) is 11.9. The van der Waals surface area contributed by atoms with E-state index in [2.05, 4.69) is 10.1 Å². The molecule has 1 atom stereocenters. The molecule has 4 heteroatoms. The molecule has 0 spiro atoms. The van der Waals surface area contributed by atoms with Gasteiger partial charge < -0.3 is 4.52 Å². The predicted octanol–water partition coefficient (Wildman–Crippen LogP) is 4.20. The summed E-state index contributed by atoms with van der Waals surface area (Å²) in [5, 5.41) is 3.77. The number of rotatable bonds is 2. The molecule has 1 aliphatic carbocycles. The predicted molar refractivity (Wildman–Crippen MR) is 63.6 cm³/mol. The fraction of sp³-hybridized carbons (Fsp3) is 0.833. The molecule has 0 amide bonds. The first-order chi connectivity index (χ1) is 7.77. The van der Waals surface area contributed by atoms with Crippen LogP contribution in [0.2, 0.25) is 0 Å². The summed E-state index contributed by atoms with van der Waals surface area (Å²) in [6.45, 7) is 1.87. The van der Waals surface area contributed by atoms with Gasteiger partial charge in [0, 0.05) is 5.92 Å². The fourth-order valence-electron chi connectivity index (χ4n) is 2.28. The van der Waals surface area contributed by atoms with Crippen LogP contribution in [0.3, 0.4) is 0 Å². The molecule has 16 heavy (non-hydrogen) atoms. The van der Waals surface area contributed by atoms with Gasteiger partial charge in [-0.25, -0.2) is 0 Å². The third kappa shape index (κ3) is 2.97. The van der Waals surface area contributed by atoms with Gasteiger partial charge in [-0.05, 0) is 19.8 Å². The van der Waals surface area contributed by atoms with Crippen molar-refractivity contribution >= 4 is 11.6 Å². The molecule has 1 aromatic rings. The standard InChI is InChI=1S/C12H19ClN2O/c1-9(13)11-14-12(16-15-11)10-7-5-3-2-4-6-8-10/h9-10H,2-8H2,1H3. The molecule has 0 radical (unpaired) electrons. The van der Waals surface area contributed by atoms with Crippen LogP contribution in [0.5, 0.6) is 0 Å². The number of halogens is 1. The van der Waals surface area contributed by atoms with E-state index < -0.39 is 0 Å². The second-order valence-electron chi connectivity index (χ2n) is 4.65. The molecule has 0 bridgehead atoms. The van der Waals surface area contributed by atoms with E-state index in [9.17, 15) is 0 Å². The van der Waals surface area contributed by atoms with Crippen molar-refractivity contribution in [2.45, 2.75) is 63.2 Å². The first-order valence-electron chi connectivity index (χ1n) is 6.25. The Hall–Kier alpha value is -0.570. The normalized spacial score (nSPS) is 21.4. The second kappa shape index (κ2) is 5.67. The van der Waals surface area contributed by atoms with Gasteiger partial charge in [0.1, 0.15) is 0 Å². The van der Waals surface area contributed by atoms with Gasteiger partial charge in [-0.3, -0.25) is 0 Å². The van der Waals surface area contributed by atoms with E-state index in [0.29, 0.717) is 11.7 Å². The van der Waals surface area contributed by atoms with Crippen molar-refractivity contribution in [3.8, 4) is 0 Å². The summed E-state index contributed by atoms with van der Waals surface area (Å²) in [7, 11) is 0. The molecule has 1 heterocycles. The van der Waals surface area contributed by atoms with Crippen molar-refractivity contribution in [3.05, 3.63) is 11.7 Å². The maximum atomic E-state index is 5.93. The average Bonchev–Trinajstić information content (AvgIpc) is 2.66. The van der Waals surface area contributed by atoms with Crippen molar-refractivity contribution in [1.82, 2.24) is 10.1 Å². The lowest BCUT2D eigenvalue weighted by Crippen LogP contribution is -2.03. The minimum absolute atomic E-state index is 0.161. The van der Waals surface area contributed by atoms with E-state index >= 15 is 0 Å². The molecular weight excluding hydrogens is 224 g/mol. The summed E-state index contributed by atoms with van der Waals surface area (Å²) in [5.74, 6) is 1.88. The van der Waals surface area contributed by atoms with Crippen LogP contribution in [-0.2, 0) is 0 Å². The minimum atomic E-state index is -0.161. The van der Waals surface area contributed by atoms with Crippen molar-refractivity contribution in [1.29, 1.82) is 0 Å². The Morgan fingerprint density at radius 1 is 1.19 bits per heavy atom. The van der Waals surface area contributed by atoms with E-state index in [-0.39, 0.29) is 5.38 Å². The van der Waals surface area contributed by atoms with Crippen LogP contribution in [0.4, 0.5) is 0 Å². The van der Waals surface area contributed by atoms with Crippen LogP contribution < -0.4 is 0 Å². The topological polar surface area (TPSA) is 38.9 Å². The summed E-state index contributed by atoms with van der Waals surface area (Å²) < 4.78 is 5.32. The molecule has 2 rings (SSSR count). The molecule has 0 aromatic carbocycles. The van der Waals surface area contributed by atoms with Crippen LogP contribution >= 0.6 is 11.6 Å². The number of hydrogen-bond donors (Lipinski definition) is 0. The van der Waals surface area contributed by atoms with Gasteiger partial charge >= 0.3 is 0 Å². The van der Waals surface area contributed by atoms with Crippen molar-refractivity contribution in [3.63, 3.8) is 0 Å². The van der Waals surface area contributed by atoms with Crippen molar-refractivity contribution < 1.29 is 4.52 Å². The largest absolute Gasteiger partial charge is 0.339 e. The molecule has 0 saturated heterocycles. The number of nitrogens with zero attached hydrogens (tertiary/aromatic N) is 2. The molecule has 1 aliphatic rings. The third-order valence-electron chi connectivity index (χ3n) is 3.27. The quantitative estimate of drug-likeness (QED) is 0.730. The molecule has 1 aromatic heterocycles. The van der Waals surface area contributed by atoms with Crippen LogP contribution in [0.25, 0.3) is 0 Å². The lowest BCUT2D eigenvalue weighted by molar-refractivity contribution is 0.320. The van der Waals surface area contributed by atoms with Gasteiger partial charge in [-0.2, -0.15) is 4.98 Å². The third-order valence-corrected chi connectivity index (χ3v) is 3.46. The minimum Gasteiger partial charge on any atom is -0.339 e. The van der Waals surface area contributed by atoms with Gasteiger partial charge in [0.15, 0.2) is 5.82 Å². The molecule has 1 unspecified atom stereocenters. The van der Waals surface area contributed by atoms with Gasteiger partial charge in [-0.15, -0.1) is 11.6 Å². The van der Waals surface area contributed by atoms with E-state index in [1.807, 2.05) is 6.92 Å². The molecule has 0 aliphatic heterocycles. The smallest absolute Gasteiger partial charge is 0.229 e. The highest BCUT2D eigenvalue weighted by molar-refractivity contribution is 6.20. The highest BCUT2D eigenvalue weighted by Crippen LogP contribution is 2.30. The van der Waals surface area contributed by atoms with Crippen LogP contribution in [0.1, 0.15) is 74.9 Å². The summed E-state index contributed by atoms with van der Waals surface area (Å²) in [6, 6.07) is 0. The SMILES string of the molecule is CC(Cl)c1noc(C2CCCCCCC2)n1. The fourth-order valence-corrected chi connectivity index (χ4v) is 2.37. The van der Waals surface area contributed by atoms with Crippen LogP contribution in [-0.4, -0.2) is 10.1 Å². The lowest BCUT2D eigenvalue weighted by Gasteiger charge is -2.15. The van der Waals surface area contributed by atoms with E-state index in [0.717, 1.165) is 5.89 Å². The summed E-state index contributed by atoms with van der Waals surface area (Å²) >= 11 is 5.93. The summed E-state index contributed by atoms with van der Waals surface area (Å²) in [4.78, 5) is 4.40. The zero-order chi connectivity index (χ0) is 11.4. The zero-order valence-corrected chi connectivity index (χ0v) is 10.5.